The molecule has 2 N–H and O–H groups in total. The Labute approximate surface area is 159 Å². The third-order valence-corrected chi connectivity index (χ3v) is 5.31. The minimum atomic E-state index is 0.0147. The summed E-state index contributed by atoms with van der Waals surface area (Å²) in [5.41, 5.74) is 3.38. The zero-order valence-corrected chi connectivity index (χ0v) is 16.3. The molecular formula is C21H27NO5. The van der Waals surface area contributed by atoms with E-state index in [1.54, 1.807) is 7.11 Å². The normalized spacial score (nSPS) is 16.7. The maximum atomic E-state index is 10.2. The van der Waals surface area contributed by atoms with Gasteiger partial charge in [-0.3, -0.25) is 4.90 Å². The van der Waals surface area contributed by atoms with Gasteiger partial charge in [-0.1, -0.05) is 0 Å². The maximum absolute atomic E-state index is 10.2. The van der Waals surface area contributed by atoms with Crippen molar-refractivity contribution < 1.29 is 24.4 Å². The number of ether oxygens (including phenoxy) is 3. The lowest BCUT2D eigenvalue weighted by Gasteiger charge is -2.35. The van der Waals surface area contributed by atoms with E-state index in [1.165, 1.54) is 19.8 Å². The Bertz CT molecular complexity index is 795. The van der Waals surface area contributed by atoms with Crippen molar-refractivity contribution in [1.29, 1.82) is 0 Å². The molecule has 27 heavy (non-hydrogen) atoms. The van der Waals surface area contributed by atoms with Crippen molar-refractivity contribution in [2.24, 2.45) is 0 Å². The highest BCUT2D eigenvalue weighted by Crippen LogP contribution is 2.40. The zero-order chi connectivity index (χ0) is 19.6. The average molecular weight is 373 g/mol. The molecule has 0 radical (unpaired) electrons. The van der Waals surface area contributed by atoms with Gasteiger partial charge in [-0.15, -0.1) is 0 Å². The molecule has 3 rings (SSSR count). The van der Waals surface area contributed by atoms with Crippen molar-refractivity contribution >= 4 is 0 Å². The molecule has 2 aromatic carbocycles. The average Bonchev–Trinajstić information content (AvgIpc) is 2.67. The van der Waals surface area contributed by atoms with E-state index in [0.717, 1.165) is 36.9 Å². The van der Waals surface area contributed by atoms with E-state index in [9.17, 15) is 10.2 Å². The van der Waals surface area contributed by atoms with Gasteiger partial charge in [-0.2, -0.15) is 0 Å². The van der Waals surface area contributed by atoms with Gasteiger partial charge >= 0.3 is 0 Å². The highest BCUT2D eigenvalue weighted by molar-refractivity contribution is 5.53. The summed E-state index contributed by atoms with van der Waals surface area (Å²) in [5, 5.41) is 20.3. The lowest BCUT2D eigenvalue weighted by Crippen LogP contribution is -2.32. The largest absolute Gasteiger partial charge is 0.504 e. The zero-order valence-electron chi connectivity index (χ0n) is 16.3. The molecule has 0 spiro atoms. The first-order chi connectivity index (χ1) is 13.0. The molecule has 1 aliphatic rings. The molecule has 2 aromatic rings. The number of phenolic OH excluding ortho intramolecular Hbond substituents is 2. The summed E-state index contributed by atoms with van der Waals surface area (Å²) in [6.07, 6.45) is 2.58. The predicted octanol–water partition coefficient (Wildman–Crippen LogP) is 3.29. The standard InChI is InChI=1S/C21H27NO5/c1-22-8-7-14-11-18(25-2)17(23)12-15(14)16(22)6-5-13-9-19(26-3)21(24)20(10-13)27-4/h9-12,16,23-24H,5-8H2,1-4H3/t16-/m0/s1. The predicted molar refractivity (Wildman–Crippen MR) is 103 cm³/mol. The number of nitrogens with zero attached hydrogens (tertiary/aromatic N) is 1. The van der Waals surface area contributed by atoms with Gasteiger partial charge in [0.1, 0.15) is 0 Å². The van der Waals surface area contributed by atoms with Crippen molar-refractivity contribution in [3.05, 3.63) is 41.0 Å². The number of likely N-dealkylation sites (N-methyl/N-ethyl adjacent to an activating group) is 1. The second-order valence-corrected chi connectivity index (χ2v) is 6.86. The fourth-order valence-corrected chi connectivity index (χ4v) is 3.78. The minimum absolute atomic E-state index is 0.0147. The number of hydrogen-bond donors (Lipinski definition) is 2. The van der Waals surface area contributed by atoms with E-state index in [2.05, 4.69) is 11.9 Å². The molecule has 146 valence electrons. The van der Waals surface area contributed by atoms with Crippen LogP contribution < -0.4 is 14.2 Å². The lowest BCUT2D eigenvalue weighted by molar-refractivity contribution is 0.218. The molecule has 1 heterocycles. The Morgan fingerprint density at radius 2 is 1.59 bits per heavy atom. The summed E-state index contributed by atoms with van der Waals surface area (Å²) >= 11 is 0. The number of methoxy groups -OCH3 is 3. The van der Waals surface area contributed by atoms with Crippen LogP contribution in [-0.4, -0.2) is 50.0 Å². The SMILES string of the molecule is COc1cc2c(cc1O)[C@H](CCc1cc(OC)c(O)c(OC)c1)N(C)CC2. The molecule has 0 fully saturated rings. The maximum Gasteiger partial charge on any atom is 0.200 e. The first-order valence-electron chi connectivity index (χ1n) is 9.02. The fourth-order valence-electron chi connectivity index (χ4n) is 3.78. The summed E-state index contributed by atoms with van der Waals surface area (Å²) in [5.74, 6) is 1.52. The topological polar surface area (TPSA) is 71.4 Å². The first-order valence-corrected chi connectivity index (χ1v) is 9.02. The molecule has 0 unspecified atom stereocenters. The summed E-state index contributed by atoms with van der Waals surface area (Å²) in [4.78, 5) is 2.31. The van der Waals surface area contributed by atoms with Crippen LogP contribution in [0.15, 0.2) is 24.3 Å². The molecule has 0 saturated heterocycles. The number of rotatable bonds is 6. The number of benzene rings is 2. The van der Waals surface area contributed by atoms with E-state index >= 15 is 0 Å². The van der Waals surface area contributed by atoms with Crippen LogP contribution in [0.25, 0.3) is 0 Å². The van der Waals surface area contributed by atoms with E-state index in [0.29, 0.717) is 17.2 Å². The van der Waals surface area contributed by atoms with Gasteiger partial charge in [0.2, 0.25) is 5.75 Å². The van der Waals surface area contributed by atoms with Crippen LogP contribution in [0.4, 0.5) is 0 Å². The number of aryl methyl sites for hydroxylation is 1. The molecule has 0 amide bonds. The second-order valence-electron chi connectivity index (χ2n) is 6.86. The van der Waals surface area contributed by atoms with Gasteiger partial charge in [0.25, 0.3) is 0 Å². The summed E-state index contributed by atoms with van der Waals surface area (Å²) in [7, 11) is 6.73. The van der Waals surface area contributed by atoms with E-state index in [-0.39, 0.29) is 17.5 Å². The molecule has 0 aliphatic carbocycles. The Kier molecular flexibility index (Phi) is 5.65. The third-order valence-electron chi connectivity index (χ3n) is 5.31. The monoisotopic (exact) mass is 373 g/mol. The van der Waals surface area contributed by atoms with E-state index in [4.69, 9.17) is 14.2 Å². The van der Waals surface area contributed by atoms with Crippen molar-refractivity contribution in [3.8, 4) is 28.7 Å². The number of phenols is 2. The molecule has 1 atom stereocenters. The Morgan fingerprint density at radius 1 is 0.963 bits per heavy atom. The highest BCUT2D eigenvalue weighted by atomic mass is 16.5. The summed E-state index contributed by atoms with van der Waals surface area (Å²) < 4.78 is 15.8. The first kappa shape index (κ1) is 19.2. The third kappa shape index (κ3) is 3.76. The van der Waals surface area contributed by atoms with Gasteiger partial charge in [-0.05, 0) is 67.3 Å². The van der Waals surface area contributed by atoms with Crippen LogP contribution in [-0.2, 0) is 12.8 Å². The Balaban J connectivity index is 1.86. The lowest BCUT2D eigenvalue weighted by atomic mass is 9.88. The summed E-state index contributed by atoms with van der Waals surface area (Å²) in [6.45, 7) is 0.952. The number of hydrogen-bond acceptors (Lipinski definition) is 6. The van der Waals surface area contributed by atoms with Gasteiger partial charge in [0.15, 0.2) is 23.0 Å². The van der Waals surface area contributed by atoms with Crippen molar-refractivity contribution in [1.82, 2.24) is 4.90 Å². The summed E-state index contributed by atoms with van der Waals surface area (Å²) in [6, 6.07) is 7.64. The van der Waals surface area contributed by atoms with Crippen LogP contribution in [0.5, 0.6) is 28.7 Å². The fraction of sp³-hybridized carbons (Fsp3) is 0.429. The van der Waals surface area contributed by atoms with Crippen LogP contribution in [0.3, 0.4) is 0 Å². The molecule has 0 aromatic heterocycles. The molecular weight excluding hydrogens is 346 g/mol. The van der Waals surface area contributed by atoms with Crippen LogP contribution >= 0.6 is 0 Å². The van der Waals surface area contributed by atoms with Crippen LogP contribution in [0.1, 0.15) is 29.2 Å². The Hall–Kier alpha value is -2.60. The number of fused-ring (bicyclic) bond motifs is 1. The Morgan fingerprint density at radius 3 is 2.19 bits per heavy atom. The van der Waals surface area contributed by atoms with Gasteiger partial charge in [0.05, 0.1) is 21.3 Å². The van der Waals surface area contributed by atoms with Crippen LogP contribution in [0.2, 0.25) is 0 Å². The highest BCUT2D eigenvalue weighted by Gasteiger charge is 2.26. The van der Waals surface area contributed by atoms with Crippen molar-refractivity contribution in [2.45, 2.75) is 25.3 Å². The van der Waals surface area contributed by atoms with Gasteiger partial charge in [-0.25, -0.2) is 0 Å². The molecule has 0 saturated carbocycles. The minimum Gasteiger partial charge on any atom is -0.504 e. The van der Waals surface area contributed by atoms with Crippen LogP contribution in [0, 0.1) is 0 Å². The van der Waals surface area contributed by atoms with E-state index < -0.39 is 0 Å². The molecule has 0 bridgehead atoms. The molecule has 6 heteroatoms. The molecule has 1 aliphatic heterocycles. The smallest absolute Gasteiger partial charge is 0.200 e. The van der Waals surface area contributed by atoms with Gasteiger partial charge in [0, 0.05) is 12.6 Å². The second kappa shape index (κ2) is 7.96. The molecule has 6 nitrogen and oxygen atoms in total. The van der Waals surface area contributed by atoms with Crippen molar-refractivity contribution in [2.75, 3.05) is 34.9 Å². The number of aromatic hydroxyl groups is 2. The van der Waals surface area contributed by atoms with Crippen molar-refractivity contribution in [3.63, 3.8) is 0 Å². The quantitative estimate of drug-likeness (QED) is 0.810. The van der Waals surface area contributed by atoms with E-state index in [1.807, 2.05) is 24.3 Å². The van der Waals surface area contributed by atoms with Gasteiger partial charge < -0.3 is 24.4 Å².